The van der Waals surface area contributed by atoms with Crippen LogP contribution in [0.5, 0.6) is 17.2 Å². The van der Waals surface area contributed by atoms with Crippen molar-refractivity contribution < 1.29 is 14.3 Å². The van der Waals surface area contributed by atoms with E-state index in [1.807, 2.05) is 100 Å². The van der Waals surface area contributed by atoms with E-state index in [0.717, 1.165) is 46.1 Å². The topological polar surface area (TPSA) is 83.6 Å². The van der Waals surface area contributed by atoms with E-state index in [-0.39, 0.29) is 5.91 Å². The van der Waals surface area contributed by atoms with Gasteiger partial charge in [0.25, 0.3) is 0 Å². The van der Waals surface area contributed by atoms with Gasteiger partial charge in [0.15, 0.2) is 0 Å². The van der Waals surface area contributed by atoms with Crippen molar-refractivity contribution in [1.29, 1.82) is 5.26 Å². The van der Waals surface area contributed by atoms with E-state index in [1.54, 1.807) is 13.2 Å². The summed E-state index contributed by atoms with van der Waals surface area (Å²) in [4.78, 5) is 22.0. The molecule has 43 heavy (non-hydrogen) atoms. The van der Waals surface area contributed by atoms with Crippen LogP contribution < -0.4 is 9.47 Å². The first-order valence-electron chi connectivity index (χ1n) is 15.0. The maximum Gasteiger partial charge on any atom is 0.237 e. The number of hydrogen-bond acceptors (Lipinski definition) is 6. The van der Waals surface area contributed by atoms with Gasteiger partial charge in [-0.1, -0.05) is 52.0 Å². The standard InChI is InChI=1S/C31H29N5O3.2C2H6/c1-21-33-16-26-19-34-10-11-35(31(37)20-34)18-25-14-28(8-9-29(25)23-4-3-5-27(13-23)38-2)39-30-12-22(17-36(21)26)6-7-24(30)15-32;2*1-2/h3-9,12-14,16H,10-11,17-20H2,1-2H3;2*1-2H3. The van der Waals surface area contributed by atoms with Gasteiger partial charge in [0, 0.05) is 38.9 Å². The number of rotatable bonds is 2. The number of methoxy groups -OCH3 is 1. The lowest BCUT2D eigenvalue weighted by atomic mass is 9.98. The Kier molecular flexibility index (Phi) is 10.6. The highest BCUT2D eigenvalue weighted by atomic mass is 16.5. The second-order valence-electron chi connectivity index (χ2n) is 10.0. The average molecular weight is 580 g/mol. The molecule has 0 aliphatic carbocycles. The number of nitrogens with zero attached hydrogens (tertiary/aromatic N) is 5. The van der Waals surface area contributed by atoms with Crippen molar-refractivity contribution in [1.82, 2.24) is 19.4 Å². The number of nitriles is 1. The smallest absolute Gasteiger partial charge is 0.237 e. The van der Waals surface area contributed by atoms with Gasteiger partial charge in [-0.05, 0) is 65.6 Å². The number of imidazole rings is 1. The Hall–Kier alpha value is -4.61. The number of amides is 1. The number of carbonyl (C=O) groups excluding carboxylic acids is 1. The molecular formula is C35H41N5O3. The highest BCUT2D eigenvalue weighted by Crippen LogP contribution is 2.34. The lowest BCUT2D eigenvalue weighted by Crippen LogP contribution is -2.49. The van der Waals surface area contributed by atoms with Crippen molar-refractivity contribution in [3.05, 3.63) is 95.1 Å². The van der Waals surface area contributed by atoms with Gasteiger partial charge in [0.2, 0.25) is 5.91 Å². The molecule has 6 bridgehead atoms. The fourth-order valence-corrected chi connectivity index (χ4v) is 5.34. The second-order valence-corrected chi connectivity index (χ2v) is 10.0. The quantitative estimate of drug-likeness (QED) is 0.260. The molecule has 3 aliphatic rings. The third-order valence-electron chi connectivity index (χ3n) is 7.47. The molecule has 0 spiro atoms. The number of benzene rings is 3. The number of fused-ring (bicyclic) bond motifs is 2. The van der Waals surface area contributed by atoms with E-state index in [1.165, 1.54) is 0 Å². The molecular weight excluding hydrogens is 538 g/mol. The Morgan fingerprint density at radius 1 is 0.930 bits per heavy atom. The molecule has 1 atom stereocenters. The van der Waals surface area contributed by atoms with E-state index >= 15 is 0 Å². The van der Waals surface area contributed by atoms with Crippen molar-refractivity contribution in [3.63, 3.8) is 0 Å². The molecule has 1 saturated heterocycles. The molecule has 8 nitrogen and oxygen atoms in total. The number of aryl methyl sites for hydroxylation is 1. The molecule has 1 amide bonds. The number of aromatic nitrogens is 2. The normalized spacial score (nSPS) is 15.5. The molecule has 4 aromatic rings. The molecule has 7 rings (SSSR count). The molecule has 0 radical (unpaired) electrons. The van der Waals surface area contributed by atoms with Crippen molar-refractivity contribution in [2.24, 2.45) is 0 Å². The fraction of sp³-hybridized carbons (Fsp3) is 0.343. The van der Waals surface area contributed by atoms with Gasteiger partial charge in [-0.2, -0.15) is 5.26 Å². The number of piperazine rings is 1. The summed E-state index contributed by atoms with van der Waals surface area (Å²) in [6.45, 7) is 13.4. The summed E-state index contributed by atoms with van der Waals surface area (Å²) >= 11 is 0. The van der Waals surface area contributed by atoms with Crippen molar-refractivity contribution in [2.75, 3.05) is 26.7 Å². The van der Waals surface area contributed by atoms with Crippen LogP contribution in [-0.2, 0) is 24.4 Å². The average Bonchev–Trinajstić information content (AvgIpc) is 3.38. The van der Waals surface area contributed by atoms with Crippen LogP contribution in [0.2, 0.25) is 0 Å². The van der Waals surface area contributed by atoms with E-state index in [2.05, 4.69) is 20.5 Å². The summed E-state index contributed by atoms with van der Waals surface area (Å²) in [5, 5.41) is 9.78. The zero-order valence-electron chi connectivity index (χ0n) is 26.1. The molecule has 0 N–H and O–H groups in total. The van der Waals surface area contributed by atoms with Crippen LogP contribution >= 0.6 is 0 Å². The molecule has 3 aromatic carbocycles. The molecule has 224 valence electrons. The van der Waals surface area contributed by atoms with Crippen LogP contribution in [-0.4, -0.2) is 52.0 Å². The molecule has 4 heterocycles. The monoisotopic (exact) mass is 579 g/mol. The molecule has 0 saturated carbocycles. The summed E-state index contributed by atoms with van der Waals surface area (Å²) in [6.07, 6.45) is 1.89. The Morgan fingerprint density at radius 3 is 2.49 bits per heavy atom. The van der Waals surface area contributed by atoms with E-state index in [9.17, 15) is 10.1 Å². The van der Waals surface area contributed by atoms with Crippen LogP contribution in [0.4, 0.5) is 0 Å². The summed E-state index contributed by atoms with van der Waals surface area (Å²) in [5.41, 5.74) is 5.50. The van der Waals surface area contributed by atoms with Gasteiger partial charge in [-0.25, -0.2) is 4.98 Å². The minimum Gasteiger partial charge on any atom is -0.497 e. The Morgan fingerprint density at radius 2 is 1.74 bits per heavy atom. The van der Waals surface area contributed by atoms with Crippen LogP contribution in [0.25, 0.3) is 11.1 Å². The van der Waals surface area contributed by atoms with Crippen molar-refractivity contribution >= 4 is 5.91 Å². The van der Waals surface area contributed by atoms with Gasteiger partial charge in [-0.15, -0.1) is 0 Å². The third kappa shape index (κ3) is 7.07. The minimum atomic E-state index is 0.0935. The first-order chi connectivity index (χ1) is 21.0. The van der Waals surface area contributed by atoms with Crippen LogP contribution in [0, 0.1) is 18.3 Å². The van der Waals surface area contributed by atoms with Gasteiger partial charge in [0.1, 0.15) is 29.1 Å². The second kappa shape index (κ2) is 14.5. The lowest BCUT2D eigenvalue weighted by Gasteiger charge is -2.35. The van der Waals surface area contributed by atoms with Gasteiger partial charge in [-0.3, -0.25) is 9.69 Å². The number of carbonyl (C=O) groups is 1. The highest BCUT2D eigenvalue weighted by molar-refractivity contribution is 5.79. The van der Waals surface area contributed by atoms with Gasteiger partial charge < -0.3 is 18.9 Å². The SMILES string of the molecule is CC.CC.COc1cccc(-c2ccc3cc2CN2CCN(CC2=O)Cc2cnc(C)n2Cc2ccc(C#N)c(c2)O3)c1. The Labute approximate surface area is 255 Å². The molecule has 1 unspecified atom stereocenters. The van der Waals surface area contributed by atoms with E-state index < -0.39 is 0 Å². The molecule has 1 aromatic heterocycles. The lowest BCUT2D eigenvalue weighted by molar-refractivity contribution is -0.136. The van der Waals surface area contributed by atoms with E-state index in [4.69, 9.17) is 9.47 Å². The fourth-order valence-electron chi connectivity index (χ4n) is 5.34. The Balaban J connectivity index is 0.00000102. The summed E-state index contributed by atoms with van der Waals surface area (Å²) in [5.74, 6) is 2.88. The van der Waals surface area contributed by atoms with E-state index in [0.29, 0.717) is 49.8 Å². The van der Waals surface area contributed by atoms with Crippen molar-refractivity contribution in [3.8, 4) is 34.4 Å². The predicted molar refractivity (Wildman–Crippen MR) is 169 cm³/mol. The summed E-state index contributed by atoms with van der Waals surface area (Å²) in [7, 11) is 1.65. The Bertz CT molecular complexity index is 1600. The summed E-state index contributed by atoms with van der Waals surface area (Å²) < 4.78 is 14.0. The molecule has 8 heteroatoms. The van der Waals surface area contributed by atoms with Gasteiger partial charge in [0.05, 0.1) is 24.9 Å². The summed E-state index contributed by atoms with van der Waals surface area (Å²) in [6, 6.07) is 21.8. The highest BCUT2D eigenvalue weighted by Gasteiger charge is 2.26. The van der Waals surface area contributed by atoms with Gasteiger partial charge >= 0.3 is 0 Å². The van der Waals surface area contributed by atoms with Crippen LogP contribution in [0.15, 0.2) is 66.9 Å². The number of ether oxygens (including phenoxy) is 2. The predicted octanol–water partition coefficient (Wildman–Crippen LogP) is 6.79. The molecule has 1 fully saturated rings. The first-order valence-corrected chi connectivity index (χ1v) is 15.0. The first kappa shape index (κ1) is 31.3. The third-order valence-corrected chi connectivity index (χ3v) is 7.47. The zero-order chi connectivity index (χ0) is 30.9. The maximum absolute atomic E-state index is 13.3. The maximum atomic E-state index is 13.3. The van der Waals surface area contributed by atoms with Crippen LogP contribution in [0.3, 0.4) is 0 Å². The zero-order valence-corrected chi connectivity index (χ0v) is 26.1. The minimum absolute atomic E-state index is 0.0935. The number of hydrogen-bond donors (Lipinski definition) is 0. The van der Waals surface area contributed by atoms with Crippen LogP contribution in [0.1, 0.15) is 55.9 Å². The van der Waals surface area contributed by atoms with Crippen molar-refractivity contribution in [2.45, 2.75) is 54.3 Å². The molecule has 3 aliphatic heterocycles. The largest absolute Gasteiger partial charge is 0.497 e.